The van der Waals surface area contributed by atoms with E-state index in [4.69, 9.17) is 43.4 Å². The third kappa shape index (κ3) is 3.71. The van der Waals surface area contributed by atoms with E-state index in [1.807, 2.05) is 0 Å². The highest BCUT2D eigenvalue weighted by molar-refractivity contribution is 8.07. The standard InChI is InChI=1S/C6H5Cl3NO3PS/c1-12-14(11,15)13-6-4(8)2-3(7)5(9)10-6/h2H,1H3,(H,11,15)/i1D3. The van der Waals surface area contributed by atoms with E-state index >= 15 is 0 Å². The van der Waals surface area contributed by atoms with E-state index < -0.39 is 13.8 Å². The Morgan fingerprint density at radius 3 is 2.80 bits per heavy atom. The van der Waals surface area contributed by atoms with Crippen molar-refractivity contribution < 1.29 is 18.1 Å². The number of aromatic nitrogens is 1. The second-order valence-corrected chi connectivity index (χ2v) is 6.06. The molecule has 0 aliphatic heterocycles. The van der Waals surface area contributed by atoms with Crippen molar-refractivity contribution in [3.63, 3.8) is 0 Å². The fourth-order valence-electron chi connectivity index (χ4n) is 0.620. The van der Waals surface area contributed by atoms with Crippen LogP contribution >= 0.6 is 41.5 Å². The van der Waals surface area contributed by atoms with Crippen LogP contribution < -0.4 is 4.52 Å². The first kappa shape index (κ1) is 9.42. The van der Waals surface area contributed by atoms with Crippen LogP contribution in [-0.2, 0) is 16.3 Å². The van der Waals surface area contributed by atoms with Crippen LogP contribution in [0.2, 0.25) is 15.2 Å². The molecular formula is C6H5Cl3NO3PS. The van der Waals surface area contributed by atoms with Gasteiger partial charge in [0.1, 0.15) is 5.02 Å². The van der Waals surface area contributed by atoms with Crippen LogP contribution in [0.4, 0.5) is 0 Å². The summed E-state index contributed by atoms with van der Waals surface area (Å²) in [5.74, 6) is -0.360. The van der Waals surface area contributed by atoms with Crippen molar-refractivity contribution in [3.8, 4) is 5.88 Å². The molecule has 1 aromatic heterocycles. The Labute approximate surface area is 111 Å². The minimum atomic E-state index is -4.08. The lowest BCUT2D eigenvalue weighted by Gasteiger charge is -2.14. The summed E-state index contributed by atoms with van der Waals surface area (Å²) in [5, 5.41) is -0.168. The van der Waals surface area contributed by atoms with Gasteiger partial charge < -0.3 is 13.9 Å². The average molecular weight is 312 g/mol. The van der Waals surface area contributed by atoms with Crippen molar-refractivity contribution >= 4 is 53.3 Å². The predicted molar refractivity (Wildman–Crippen MR) is 63.4 cm³/mol. The maximum atomic E-state index is 9.53. The van der Waals surface area contributed by atoms with E-state index in [-0.39, 0.29) is 21.1 Å². The lowest BCUT2D eigenvalue weighted by Crippen LogP contribution is -1.96. The molecule has 15 heavy (non-hydrogen) atoms. The number of pyridine rings is 1. The molecule has 4 nitrogen and oxygen atoms in total. The van der Waals surface area contributed by atoms with E-state index in [0.717, 1.165) is 0 Å². The Morgan fingerprint density at radius 1 is 1.53 bits per heavy atom. The molecule has 1 atom stereocenters. The van der Waals surface area contributed by atoms with Crippen LogP contribution in [0.15, 0.2) is 6.07 Å². The fraction of sp³-hybridized carbons (Fsp3) is 0.167. The van der Waals surface area contributed by atoms with Gasteiger partial charge in [0, 0.05) is 18.8 Å². The molecule has 9 heteroatoms. The smallest absolute Gasteiger partial charge is 0.378 e. The van der Waals surface area contributed by atoms with Crippen LogP contribution in [0, 0.1) is 0 Å². The van der Waals surface area contributed by atoms with Crippen LogP contribution in [0.25, 0.3) is 0 Å². The first-order valence-electron chi connectivity index (χ1n) is 4.75. The van der Waals surface area contributed by atoms with Gasteiger partial charge in [-0.15, -0.1) is 0 Å². The lowest BCUT2D eigenvalue weighted by molar-refractivity contribution is 0.309. The SMILES string of the molecule is [2H]C([2H])([2H])OP(O)(=S)Oc1nc(Cl)c(Cl)cc1Cl. The van der Waals surface area contributed by atoms with Gasteiger partial charge in [-0.05, 0) is 6.07 Å². The summed E-state index contributed by atoms with van der Waals surface area (Å²) >= 11 is 21.4. The summed E-state index contributed by atoms with van der Waals surface area (Å²) in [7, 11) is -2.91. The topological polar surface area (TPSA) is 51.6 Å². The Hall–Kier alpha value is 0.390. The third-order valence-electron chi connectivity index (χ3n) is 1.17. The van der Waals surface area contributed by atoms with Crippen molar-refractivity contribution in [2.45, 2.75) is 0 Å². The van der Waals surface area contributed by atoms with Gasteiger partial charge in [-0.25, -0.2) is 0 Å². The van der Waals surface area contributed by atoms with Gasteiger partial charge in [0.2, 0.25) is 5.88 Å². The second kappa shape index (κ2) is 5.15. The molecule has 0 aromatic carbocycles. The molecule has 0 bridgehead atoms. The van der Waals surface area contributed by atoms with Crippen molar-refractivity contribution in [2.24, 2.45) is 0 Å². The zero-order chi connectivity index (χ0) is 14.1. The van der Waals surface area contributed by atoms with Crippen molar-refractivity contribution in [1.82, 2.24) is 4.98 Å². The molecule has 1 unspecified atom stereocenters. The van der Waals surface area contributed by atoms with Crippen LogP contribution in [-0.4, -0.2) is 16.9 Å². The Balaban J connectivity index is 2.98. The van der Waals surface area contributed by atoms with Gasteiger partial charge in [-0.1, -0.05) is 34.8 Å². The summed E-state index contributed by atoms with van der Waals surface area (Å²) in [6.07, 6.45) is 0. The molecular weight excluding hydrogens is 303 g/mol. The zero-order valence-electron chi connectivity index (χ0n) is 9.78. The van der Waals surface area contributed by atoms with E-state index in [2.05, 4.69) is 21.3 Å². The fourth-order valence-corrected chi connectivity index (χ4v) is 1.81. The normalized spacial score (nSPS) is 18.5. The first-order chi connectivity index (χ1) is 8.00. The highest BCUT2D eigenvalue weighted by Gasteiger charge is 2.19. The highest BCUT2D eigenvalue weighted by atomic mass is 35.5. The minimum Gasteiger partial charge on any atom is -0.404 e. The molecule has 0 radical (unpaired) electrons. The minimum absolute atomic E-state index is 0.0667. The summed E-state index contributed by atoms with van der Waals surface area (Å²) in [6.45, 7) is -4.08. The molecule has 84 valence electrons. The summed E-state index contributed by atoms with van der Waals surface area (Å²) in [6, 6.07) is 1.21. The molecule has 0 spiro atoms. The highest BCUT2D eigenvalue weighted by Crippen LogP contribution is 2.45. The monoisotopic (exact) mass is 310 g/mol. The van der Waals surface area contributed by atoms with Crippen LogP contribution in [0.3, 0.4) is 0 Å². The van der Waals surface area contributed by atoms with E-state index in [1.54, 1.807) is 0 Å². The zero-order valence-corrected chi connectivity index (χ0v) is 10.8. The molecule has 0 aliphatic carbocycles. The quantitative estimate of drug-likeness (QED) is 0.686. The molecule has 0 saturated heterocycles. The maximum absolute atomic E-state index is 9.53. The Kier molecular flexibility index (Phi) is 3.23. The predicted octanol–water partition coefficient (Wildman–Crippen LogP) is 3.28. The number of hydrogen-bond acceptors (Lipinski definition) is 4. The molecule has 1 N–H and O–H groups in total. The molecule has 0 aliphatic rings. The largest absolute Gasteiger partial charge is 0.404 e. The van der Waals surface area contributed by atoms with E-state index in [0.29, 0.717) is 0 Å². The van der Waals surface area contributed by atoms with Crippen molar-refractivity contribution in [2.75, 3.05) is 7.04 Å². The number of halogens is 3. The number of nitrogens with zero attached hydrogens (tertiary/aromatic N) is 1. The van der Waals surface area contributed by atoms with Gasteiger partial charge in [0.25, 0.3) is 0 Å². The third-order valence-corrected chi connectivity index (χ3v) is 3.20. The van der Waals surface area contributed by atoms with Gasteiger partial charge in [0.05, 0.1) is 9.13 Å². The Bertz CT molecular complexity index is 515. The molecule has 0 fully saturated rings. The number of rotatable bonds is 3. The van der Waals surface area contributed by atoms with E-state index in [9.17, 15) is 4.89 Å². The van der Waals surface area contributed by atoms with Crippen molar-refractivity contribution in [3.05, 3.63) is 21.3 Å². The second-order valence-electron chi connectivity index (χ2n) is 2.20. The van der Waals surface area contributed by atoms with Crippen molar-refractivity contribution in [1.29, 1.82) is 0 Å². The molecule has 1 aromatic rings. The number of hydrogen-bond donors (Lipinski definition) is 1. The maximum Gasteiger partial charge on any atom is 0.378 e. The van der Waals surface area contributed by atoms with Gasteiger partial charge in [-0.3, -0.25) is 0 Å². The first-order valence-corrected chi connectivity index (χ1v) is 6.97. The van der Waals surface area contributed by atoms with Gasteiger partial charge in [0.15, 0.2) is 5.15 Å². The molecule has 0 saturated carbocycles. The molecule has 0 amide bonds. The van der Waals surface area contributed by atoms with Crippen LogP contribution in [0.1, 0.15) is 4.11 Å². The summed E-state index contributed by atoms with van der Waals surface area (Å²) in [5.41, 5.74) is 0. The Morgan fingerprint density at radius 2 is 2.20 bits per heavy atom. The summed E-state index contributed by atoms with van der Waals surface area (Å²) < 4.78 is 29.4. The molecule has 1 rings (SSSR count). The van der Waals surface area contributed by atoms with Gasteiger partial charge >= 0.3 is 6.72 Å². The van der Waals surface area contributed by atoms with Gasteiger partial charge in [-0.2, -0.15) is 4.98 Å². The van der Waals surface area contributed by atoms with E-state index in [1.165, 1.54) is 6.07 Å². The molecule has 1 heterocycles. The average Bonchev–Trinajstić information content (AvgIpc) is 2.09. The summed E-state index contributed by atoms with van der Waals surface area (Å²) in [4.78, 5) is 13.1. The lowest BCUT2D eigenvalue weighted by atomic mass is 10.5. The van der Waals surface area contributed by atoms with Crippen LogP contribution in [0.5, 0.6) is 5.88 Å².